The van der Waals surface area contributed by atoms with E-state index in [4.69, 9.17) is 11.6 Å². The van der Waals surface area contributed by atoms with Crippen molar-refractivity contribution in [3.8, 4) is 5.75 Å². The van der Waals surface area contributed by atoms with Crippen molar-refractivity contribution >= 4 is 17.4 Å². The van der Waals surface area contributed by atoms with Gasteiger partial charge >= 0.3 is 6.36 Å². The highest BCUT2D eigenvalue weighted by molar-refractivity contribution is 6.30. The molecule has 0 N–H and O–H groups in total. The van der Waals surface area contributed by atoms with Crippen LogP contribution in [0.25, 0.3) is 0 Å². The number of carbonyl (C=O) groups is 1. The minimum absolute atomic E-state index is 0.0896. The Morgan fingerprint density at radius 2 is 2.07 bits per heavy atom. The molecule has 0 spiro atoms. The van der Waals surface area contributed by atoms with Gasteiger partial charge in [0.1, 0.15) is 5.75 Å². The molecule has 0 amide bonds. The van der Waals surface area contributed by atoms with Crippen LogP contribution in [0.3, 0.4) is 0 Å². The molecule has 2 nitrogen and oxygen atoms in total. The van der Waals surface area contributed by atoms with Gasteiger partial charge in [-0.05, 0) is 12.1 Å². The topological polar surface area (TPSA) is 26.3 Å². The minimum atomic E-state index is -4.76. The van der Waals surface area contributed by atoms with Crippen molar-refractivity contribution in [2.24, 2.45) is 0 Å². The summed E-state index contributed by atoms with van der Waals surface area (Å²) in [5.41, 5.74) is 0.0896. The van der Waals surface area contributed by atoms with Gasteiger partial charge in [-0.2, -0.15) is 0 Å². The molecule has 0 bridgehead atoms. The molecule has 0 saturated carbocycles. The average molecular weight is 239 g/mol. The summed E-state index contributed by atoms with van der Waals surface area (Å²) in [7, 11) is 0. The van der Waals surface area contributed by atoms with Crippen LogP contribution in [0.5, 0.6) is 5.75 Å². The maximum absolute atomic E-state index is 11.8. The molecule has 0 aliphatic carbocycles. The van der Waals surface area contributed by atoms with Gasteiger partial charge in [-0.15, -0.1) is 24.8 Å². The Kier molecular flexibility index (Phi) is 3.57. The van der Waals surface area contributed by atoms with Crippen molar-refractivity contribution in [3.05, 3.63) is 29.8 Å². The van der Waals surface area contributed by atoms with Crippen molar-refractivity contribution in [2.75, 3.05) is 5.88 Å². The monoisotopic (exact) mass is 238 g/mol. The summed E-state index contributed by atoms with van der Waals surface area (Å²) >= 11 is 5.26. The maximum atomic E-state index is 11.8. The van der Waals surface area contributed by atoms with E-state index in [-0.39, 0.29) is 11.4 Å². The van der Waals surface area contributed by atoms with Gasteiger partial charge < -0.3 is 4.74 Å². The Morgan fingerprint density at radius 3 is 2.60 bits per heavy atom. The molecule has 0 aliphatic rings. The number of benzene rings is 1. The molecule has 0 saturated heterocycles. The first-order valence-electron chi connectivity index (χ1n) is 3.87. The molecule has 15 heavy (non-hydrogen) atoms. The summed E-state index contributed by atoms with van der Waals surface area (Å²) in [6.45, 7) is 0. The second kappa shape index (κ2) is 4.53. The highest BCUT2D eigenvalue weighted by Gasteiger charge is 2.31. The molecule has 0 aromatic heterocycles. The van der Waals surface area contributed by atoms with Gasteiger partial charge in [0.05, 0.1) is 5.88 Å². The molecule has 1 aromatic rings. The maximum Gasteiger partial charge on any atom is 0.573 e. The number of carbonyl (C=O) groups excluding carboxylic acids is 1. The Balaban J connectivity index is 2.88. The van der Waals surface area contributed by atoms with Crippen molar-refractivity contribution in [1.29, 1.82) is 0 Å². The number of hydrogen-bond donors (Lipinski definition) is 0. The van der Waals surface area contributed by atoms with E-state index in [1.165, 1.54) is 12.1 Å². The number of rotatable bonds is 3. The van der Waals surface area contributed by atoms with Crippen LogP contribution in [0, 0.1) is 0 Å². The third-order valence-electron chi connectivity index (χ3n) is 1.51. The fourth-order valence-electron chi connectivity index (χ4n) is 0.944. The first-order valence-corrected chi connectivity index (χ1v) is 4.41. The summed E-state index contributed by atoms with van der Waals surface area (Å²) in [6, 6.07) is 4.77. The van der Waals surface area contributed by atoms with E-state index in [9.17, 15) is 18.0 Å². The lowest BCUT2D eigenvalue weighted by molar-refractivity contribution is -0.274. The molecule has 82 valence electrons. The molecule has 0 radical (unpaired) electrons. The lowest BCUT2D eigenvalue weighted by Crippen LogP contribution is -2.17. The molecule has 0 atom stereocenters. The van der Waals surface area contributed by atoms with Crippen molar-refractivity contribution < 1.29 is 22.7 Å². The van der Waals surface area contributed by atoms with Crippen LogP contribution < -0.4 is 4.74 Å². The number of halogens is 4. The average Bonchev–Trinajstić information content (AvgIpc) is 2.14. The highest BCUT2D eigenvalue weighted by atomic mass is 35.5. The zero-order valence-corrected chi connectivity index (χ0v) is 8.10. The molecule has 0 aliphatic heterocycles. The second-order valence-corrected chi connectivity index (χ2v) is 2.90. The predicted molar refractivity (Wildman–Crippen MR) is 48.2 cm³/mol. The van der Waals surface area contributed by atoms with Gasteiger partial charge in [0, 0.05) is 5.56 Å². The number of hydrogen-bond acceptors (Lipinski definition) is 2. The number of ether oxygens (including phenoxy) is 1. The normalized spacial score (nSPS) is 11.2. The molecule has 1 aromatic carbocycles. The summed E-state index contributed by atoms with van der Waals surface area (Å²) in [6.07, 6.45) is -4.76. The summed E-state index contributed by atoms with van der Waals surface area (Å²) < 4.78 is 39.1. The third kappa shape index (κ3) is 3.79. The fourth-order valence-corrected chi connectivity index (χ4v) is 1.10. The molecule has 0 fully saturated rings. The van der Waals surface area contributed by atoms with E-state index in [2.05, 4.69) is 4.74 Å². The van der Waals surface area contributed by atoms with Crippen LogP contribution in [0.15, 0.2) is 24.3 Å². The van der Waals surface area contributed by atoms with Crippen molar-refractivity contribution in [1.82, 2.24) is 0 Å². The number of ketones is 1. The van der Waals surface area contributed by atoms with Gasteiger partial charge in [0.25, 0.3) is 0 Å². The van der Waals surface area contributed by atoms with Gasteiger partial charge in [0.2, 0.25) is 0 Å². The zero-order chi connectivity index (χ0) is 11.5. The Bertz CT molecular complexity index is 363. The van der Waals surface area contributed by atoms with E-state index >= 15 is 0 Å². The second-order valence-electron chi connectivity index (χ2n) is 2.63. The molecule has 0 heterocycles. The zero-order valence-electron chi connectivity index (χ0n) is 7.34. The van der Waals surface area contributed by atoms with Crippen LogP contribution >= 0.6 is 11.6 Å². The SMILES string of the molecule is O=C(CCl)c1cccc(OC(F)(F)F)c1. The standard InChI is InChI=1S/C9H6ClF3O2/c10-5-8(14)6-2-1-3-7(4-6)15-9(11,12)13/h1-4H,5H2. The van der Waals surface area contributed by atoms with Crippen LogP contribution in [-0.4, -0.2) is 18.0 Å². The van der Waals surface area contributed by atoms with Gasteiger partial charge in [-0.1, -0.05) is 12.1 Å². The quantitative estimate of drug-likeness (QED) is 0.598. The van der Waals surface area contributed by atoms with E-state index in [0.29, 0.717) is 0 Å². The van der Waals surface area contributed by atoms with Gasteiger partial charge in [0.15, 0.2) is 5.78 Å². The summed E-state index contributed by atoms with van der Waals surface area (Å²) in [5, 5.41) is 0. The van der Waals surface area contributed by atoms with E-state index in [0.717, 1.165) is 12.1 Å². The van der Waals surface area contributed by atoms with Gasteiger partial charge in [-0.25, -0.2) is 0 Å². The lowest BCUT2D eigenvalue weighted by atomic mass is 10.1. The third-order valence-corrected chi connectivity index (χ3v) is 1.75. The van der Waals surface area contributed by atoms with Crippen molar-refractivity contribution in [2.45, 2.75) is 6.36 Å². The smallest absolute Gasteiger partial charge is 0.406 e. The first-order chi connectivity index (χ1) is 6.92. The van der Waals surface area contributed by atoms with E-state index in [1.807, 2.05) is 0 Å². The first kappa shape index (κ1) is 11.8. The van der Waals surface area contributed by atoms with Crippen molar-refractivity contribution in [3.63, 3.8) is 0 Å². The molecule has 0 unspecified atom stereocenters. The van der Waals surface area contributed by atoms with Crippen LogP contribution in [0.4, 0.5) is 13.2 Å². The lowest BCUT2D eigenvalue weighted by Gasteiger charge is -2.09. The summed E-state index contributed by atoms with van der Waals surface area (Å²) in [4.78, 5) is 11.1. The Hall–Kier alpha value is -1.23. The fraction of sp³-hybridized carbons (Fsp3) is 0.222. The van der Waals surface area contributed by atoms with Crippen LogP contribution in [0.1, 0.15) is 10.4 Å². The summed E-state index contributed by atoms with van der Waals surface area (Å²) in [5.74, 6) is -1.17. The highest BCUT2D eigenvalue weighted by Crippen LogP contribution is 2.23. The van der Waals surface area contributed by atoms with Gasteiger partial charge in [-0.3, -0.25) is 4.79 Å². The Morgan fingerprint density at radius 1 is 1.40 bits per heavy atom. The number of alkyl halides is 4. The molecule has 1 rings (SSSR count). The largest absolute Gasteiger partial charge is 0.573 e. The molecule has 6 heteroatoms. The molecular weight excluding hydrogens is 233 g/mol. The predicted octanol–water partition coefficient (Wildman–Crippen LogP) is 3.01. The molecular formula is C9H6ClF3O2. The Labute approximate surface area is 88.6 Å². The van der Waals surface area contributed by atoms with E-state index in [1.54, 1.807) is 0 Å². The van der Waals surface area contributed by atoms with Crippen LogP contribution in [-0.2, 0) is 0 Å². The van der Waals surface area contributed by atoms with E-state index < -0.39 is 17.9 Å². The van der Waals surface area contributed by atoms with Crippen LogP contribution in [0.2, 0.25) is 0 Å². The minimum Gasteiger partial charge on any atom is -0.406 e. The number of Topliss-reactive ketones (excluding diaryl/α,β-unsaturated/α-hetero) is 1.